The minimum atomic E-state index is 0.678. The first-order valence-electron chi connectivity index (χ1n) is 6.27. The van der Waals surface area contributed by atoms with Crippen LogP contribution >= 0.6 is 0 Å². The van der Waals surface area contributed by atoms with Gasteiger partial charge in [-0.2, -0.15) is 0 Å². The first-order valence-corrected chi connectivity index (χ1v) is 6.27. The summed E-state index contributed by atoms with van der Waals surface area (Å²) < 4.78 is 5.15. The summed E-state index contributed by atoms with van der Waals surface area (Å²) in [5.41, 5.74) is 0. The molecule has 1 N–H and O–H groups in total. The van der Waals surface area contributed by atoms with Gasteiger partial charge >= 0.3 is 0 Å². The number of rotatable bonds is 4. The Balaban J connectivity index is 1.80. The first kappa shape index (κ1) is 11.4. The number of fused-ring (bicyclic) bond motifs is 1. The van der Waals surface area contributed by atoms with Crippen molar-refractivity contribution in [2.75, 3.05) is 33.4 Å². The molecule has 2 aliphatic heterocycles. The maximum atomic E-state index is 5.15. The van der Waals surface area contributed by atoms with E-state index in [0.717, 1.165) is 25.0 Å². The molecule has 0 aromatic carbocycles. The molecule has 15 heavy (non-hydrogen) atoms. The predicted octanol–water partition coefficient (Wildman–Crippen LogP) is 1.10. The highest BCUT2D eigenvalue weighted by Gasteiger charge is 2.35. The summed E-state index contributed by atoms with van der Waals surface area (Å²) in [6.45, 7) is 6.98. The zero-order valence-electron chi connectivity index (χ0n) is 10.0. The smallest absolute Gasteiger partial charge is 0.0477 e. The lowest BCUT2D eigenvalue weighted by molar-refractivity contribution is 0.150. The van der Waals surface area contributed by atoms with E-state index in [1.54, 1.807) is 7.11 Å². The molecule has 0 saturated carbocycles. The van der Waals surface area contributed by atoms with Gasteiger partial charge in [-0.05, 0) is 38.6 Å². The van der Waals surface area contributed by atoms with Crippen molar-refractivity contribution >= 4 is 0 Å². The third-order valence-electron chi connectivity index (χ3n) is 3.99. The van der Waals surface area contributed by atoms with Crippen molar-refractivity contribution in [3.8, 4) is 0 Å². The number of likely N-dealkylation sites (tertiary alicyclic amines) is 1. The molecule has 0 bridgehead atoms. The van der Waals surface area contributed by atoms with E-state index in [1.165, 1.54) is 32.5 Å². The van der Waals surface area contributed by atoms with Gasteiger partial charge in [0.05, 0.1) is 0 Å². The van der Waals surface area contributed by atoms with E-state index in [2.05, 4.69) is 17.1 Å². The molecule has 0 aromatic rings. The lowest BCUT2D eigenvalue weighted by atomic mass is 9.94. The Morgan fingerprint density at radius 2 is 2.33 bits per heavy atom. The highest BCUT2D eigenvalue weighted by atomic mass is 16.5. The Labute approximate surface area is 93.2 Å². The molecule has 2 rings (SSSR count). The average Bonchev–Trinajstić information content (AvgIpc) is 2.69. The lowest BCUT2D eigenvalue weighted by Gasteiger charge is -2.25. The molecule has 2 fully saturated rings. The van der Waals surface area contributed by atoms with Crippen molar-refractivity contribution in [2.45, 2.75) is 38.3 Å². The maximum Gasteiger partial charge on any atom is 0.0477 e. The summed E-state index contributed by atoms with van der Waals surface area (Å²) in [5.74, 6) is 0.906. The summed E-state index contributed by atoms with van der Waals surface area (Å²) in [4.78, 5) is 2.63. The van der Waals surface area contributed by atoms with Crippen molar-refractivity contribution in [1.29, 1.82) is 0 Å². The third kappa shape index (κ3) is 2.71. The van der Waals surface area contributed by atoms with E-state index in [1.807, 2.05) is 0 Å². The number of methoxy groups -OCH3 is 1. The fourth-order valence-electron chi connectivity index (χ4n) is 2.91. The molecular formula is C12H24N2O. The second-order valence-electron chi connectivity index (χ2n) is 5.05. The molecule has 2 aliphatic rings. The van der Waals surface area contributed by atoms with E-state index >= 15 is 0 Å². The average molecular weight is 212 g/mol. The standard InChI is InChI=1S/C12H24N2O/c1-10(5-7-15-2)14-8-11-4-3-6-13-12(11)9-14/h10-13H,3-9H2,1-2H3/t10?,11-,12+/m0/s1. The SMILES string of the molecule is COCCC(C)N1C[C@@H]2CCCN[C@@H]2C1. The molecule has 0 amide bonds. The molecule has 3 atom stereocenters. The van der Waals surface area contributed by atoms with Gasteiger partial charge < -0.3 is 10.1 Å². The van der Waals surface area contributed by atoms with Crippen LogP contribution in [0, 0.1) is 5.92 Å². The zero-order chi connectivity index (χ0) is 10.7. The monoisotopic (exact) mass is 212 g/mol. The van der Waals surface area contributed by atoms with Crippen LogP contribution in [0.3, 0.4) is 0 Å². The molecule has 88 valence electrons. The van der Waals surface area contributed by atoms with Gasteiger partial charge in [-0.15, -0.1) is 0 Å². The molecule has 0 radical (unpaired) electrons. The minimum Gasteiger partial charge on any atom is -0.385 e. The van der Waals surface area contributed by atoms with Crippen LogP contribution < -0.4 is 5.32 Å². The highest BCUT2D eigenvalue weighted by Crippen LogP contribution is 2.26. The van der Waals surface area contributed by atoms with Crippen molar-refractivity contribution in [1.82, 2.24) is 10.2 Å². The van der Waals surface area contributed by atoms with E-state index in [0.29, 0.717) is 6.04 Å². The Kier molecular flexibility index (Phi) is 4.00. The van der Waals surface area contributed by atoms with Crippen molar-refractivity contribution in [3.63, 3.8) is 0 Å². The molecule has 2 saturated heterocycles. The summed E-state index contributed by atoms with van der Waals surface area (Å²) in [6, 6.07) is 1.45. The molecule has 0 spiro atoms. The molecule has 3 heteroatoms. The van der Waals surface area contributed by atoms with Gasteiger partial charge in [0.15, 0.2) is 0 Å². The second kappa shape index (κ2) is 5.28. The summed E-state index contributed by atoms with van der Waals surface area (Å²) in [6.07, 6.45) is 3.95. The van der Waals surface area contributed by atoms with Crippen LogP contribution in [0.15, 0.2) is 0 Å². The fraction of sp³-hybridized carbons (Fsp3) is 1.00. The van der Waals surface area contributed by atoms with Crippen molar-refractivity contribution in [3.05, 3.63) is 0 Å². The lowest BCUT2D eigenvalue weighted by Crippen LogP contribution is -2.41. The highest BCUT2D eigenvalue weighted by molar-refractivity contribution is 4.93. The number of hydrogen-bond donors (Lipinski definition) is 1. The van der Waals surface area contributed by atoms with Crippen LogP contribution in [0.5, 0.6) is 0 Å². The molecule has 2 heterocycles. The Morgan fingerprint density at radius 1 is 1.47 bits per heavy atom. The van der Waals surface area contributed by atoms with Gasteiger partial charge in [0.2, 0.25) is 0 Å². The van der Waals surface area contributed by atoms with E-state index < -0.39 is 0 Å². The normalized spacial score (nSPS) is 34.0. The van der Waals surface area contributed by atoms with Crippen LogP contribution in [-0.2, 0) is 4.74 Å². The summed E-state index contributed by atoms with van der Waals surface area (Å²) in [5, 5.41) is 3.65. The van der Waals surface area contributed by atoms with Crippen LogP contribution in [0.4, 0.5) is 0 Å². The van der Waals surface area contributed by atoms with Crippen LogP contribution in [0.1, 0.15) is 26.2 Å². The van der Waals surface area contributed by atoms with E-state index in [-0.39, 0.29) is 0 Å². The topological polar surface area (TPSA) is 24.5 Å². The maximum absolute atomic E-state index is 5.15. The van der Waals surface area contributed by atoms with Crippen LogP contribution in [-0.4, -0.2) is 50.3 Å². The quantitative estimate of drug-likeness (QED) is 0.755. The first-order chi connectivity index (χ1) is 7.31. The zero-order valence-corrected chi connectivity index (χ0v) is 10.0. The van der Waals surface area contributed by atoms with Gasteiger partial charge in [-0.3, -0.25) is 4.90 Å². The largest absolute Gasteiger partial charge is 0.385 e. The molecule has 0 aliphatic carbocycles. The van der Waals surface area contributed by atoms with Gasteiger partial charge in [0.25, 0.3) is 0 Å². The third-order valence-corrected chi connectivity index (χ3v) is 3.99. The number of hydrogen-bond acceptors (Lipinski definition) is 3. The van der Waals surface area contributed by atoms with Crippen LogP contribution in [0.2, 0.25) is 0 Å². The number of piperidine rings is 1. The van der Waals surface area contributed by atoms with Crippen LogP contribution in [0.25, 0.3) is 0 Å². The molecular weight excluding hydrogens is 188 g/mol. The Hall–Kier alpha value is -0.120. The summed E-state index contributed by atoms with van der Waals surface area (Å²) >= 11 is 0. The van der Waals surface area contributed by atoms with E-state index in [4.69, 9.17) is 4.74 Å². The fourth-order valence-corrected chi connectivity index (χ4v) is 2.91. The number of nitrogens with zero attached hydrogens (tertiary/aromatic N) is 1. The Morgan fingerprint density at radius 3 is 3.07 bits per heavy atom. The number of nitrogens with one attached hydrogen (secondary N) is 1. The minimum absolute atomic E-state index is 0.678. The van der Waals surface area contributed by atoms with Crippen molar-refractivity contribution < 1.29 is 4.74 Å². The molecule has 3 nitrogen and oxygen atoms in total. The van der Waals surface area contributed by atoms with E-state index in [9.17, 15) is 0 Å². The van der Waals surface area contributed by atoms with Gasteiger partial charge in [-0.1, -0.05) is 0 Å². The van der Waals surface area contributed by atoms with Gasteiger partial charge in [-0.25, -0.2) is 0 Å². The molecule has 0 aromatic heterocycles. The Bertz CT molecular complexity index is 184. The molecule has 1 unspecified atom stereocenters. The number of ether oxygens (including phenoxy) is 1. The van der Waals surface area contributed by atoms with Gasteiger partial charge in [0.1, 0.15) is 0 Å². The van der Waals surface area contributed by atoms with Gasteiger partial charge in [0, 0.05) is 38.9 Å². The second-order valence-corrected chi connectivity index (χ2v) is 5.05. The summed E-state index contributed by atoms with van der Waals surface area (Å²) in [7, 11) is 1.79. The van der Waals surface area contributed by atoms with Crippen molar-refractivity contribution in [2.24, 2.45) is 5.92 Å². The predicted molar refractivity (Wildman–Crippen MR) is 62.0 cm³/mol.